The largest absolute Gasteiger partial charge is 0.338 e. The molecule has 114 valence electrons. The van der Waals surface area contributed by atoms with Gasteiger partial charge in [0.1, 0.15) is 0 Å². The Labute approximate surface area is 129 Å². The van der Waals surface area contributed by atoms with Crippen LogP contribution in [0.4, 0.5) is 4.79 Å². The van der Waals surface area contributed by atoms with E-state index in [1.54, 1.807) is 16.0 Å². The second-order valence-electron chi connectivity index (χ2n) is 5.15. The van der Waals surface area contributed by atoms with Gasteiger partial charge in [-0.15, -0.1) is 0 Å². The summed E-state index contributed by atoms with van der Waals surface area (Å²) in [6.45, 7) is 5.32. The molecule has 2 heterocycles. The lowest BCUT2D eigenvalue weighted by Gasteiger charge is -2.12. The van der Waals surface area contributed by atoms with Crippen molar-refractivity contribution in [2.75, 3.05) is 6.54 Å². The van der Waals surface area contributed by atoms with Gasteiger partial charge in [0, 0.05) is 31.9 Å². The molecule has 2 aromatic rings. The van der Waals surface area contributed by atoms with Gasteiger partial charge in [0.05, 0.1) is 5.69 Å². The third kappa shape index (κ3) is 4.32. The van der Waals surface area contributed by atoms with Crippen molar-refractivity contribution in [1.82, 2.24) is 20.4 Å². The molecule has 0 saturated heterocycles. The van der Waals surface area contributed by atoms with Crippen LogP contribution in [0.3, 0.4) is 0 Å². The molecule has 2 rings (SSSR count). The van der Waals surface area contributed by atoms with Crippen LogP contribution in [-0.4, -0.2) is 22.4 Å². The molecule has 0 radical (unpaired) electrons. The molecule has 0 spiro atoms. The summed E-state index contributed by atoms with van der Waals surface area (Å²) in [6.07, 6.45) is 2.82. The molecule has 0 saturated carbocycles. The third-order valence-electron chi connectivity index (χ3n) is 3.45. The van der Waals surface area contributed by atoms with Crippen LogP contribution in [0, 0.1) is 0 Å². The molecule has 0 aromatic carbocycles. The number of nitrogens with zero attached hydrogens (tertiary/aromatic N) is 2. The van der Waals surface area contributed by atoms with Crippen molar-refractivity contribution in [2.45, 2.75) is 32.7 Å². The summed E-state index contributed by atoms with van der Waals surface area (Å²) in [6, 6.07) is 1.96. The number of amides is 2. The van der Waals surface area contributed by atoms with Crippen LogP contribution in [0.25, 0.3) is 0 Å². The minimum absolute atomic E-state index is 0.136. The first-order valence-electron chi connectivity index (χ1n) is 7.15. The molecule has 0 fully saturated rings. The van der Waals surface area contributed by atoms with Crippen LogP contribution < -0.4 is 10.6 Å². The van der Waals surface area contributed by atoms with Gasteiger partial charge < -0.3 is 10.6 Å². The lowest BCUT2D eigenvalue weighted by Crippen LogP contribution is -2.37. The lowest BCUT2D eigenvalue weighted by molar-refractivity contribution is 0.240. The van der Waals surface area contributed by atoms with Gasteiger partial charge >= 0.3 is 6.03 Å². The molecule has 1 atom stereocenters. The van der Waals surface area contributed by atoms with Gasteiger partial charge in [0.15, 0.2) is 0 Å². The predicted molar refractivity (Wildman–Crippen MR) is 85.6 cm³/mol. The summed E-state index contributed by atoms with van der Waals surface area (Å²) >= 11 is 1.68. The van der Waals surface area contributed by atoms with Crippen LogP contribution in [0.1, 0.15) is 36.6 Å². The smallest absolute Gasteiger partial charge is 0.315 e. The standard InChI is InChI=1S/C15H22N4OS/c1-4-14-13(9-19(3)18-14)8-17-15(20)16-7-11(2)12-5-6-21-10-12/h5-6,9-11H,4,7-8H2,1-3H3,(H2,16,17,20)/t11-/m1/s1. The Morgan fingerprint density at radius 2 is 2.29 bits per heavy atom. The molecule has 2 aromatic heterocycles. The average Bonchev–Trinajstić information content (AvgIpc) is 3.11. The fourth-order valence-corrected chi connectivity index (χ4v) is 2.97. The van der Waals surface area contributed by atoms with Crippen LogP contribution in [-0.2, 0) is 20.0 Å². The predicted octanol–water partition coefficient (Wildman–Crippen LogP) is 2.65. The molecule has 2 N–H and O–H groups in total. The van der Waals surface area contributed by atoms with Crippen molar-refractivity contribution in [3.63, 3.8) is 0 Å². The Morgan fingerprint density at radius 1 is 1.48 bits per heavy atom. The van der Waals surface area contributed by atoms with E-state index in [9.17, 15) is 4.79 Å². The fourth-order valence-electron chi connectivity index (χ4n) is 2.19. The minimum Gasteiger partial charge on any atom is -0.338 e. The second-order valence-corrected chi connectivity index (χ2v) is 5.93. The molecule has 0 aliphatic carbocycles. The molecule has 2 amide bonds. The number of hydrogen-bond acceptors (Lipinski definition) is 3. The maximum atomic E-state index is 11.9. The van der Waals surface area contributed by atoms with E-state index in [4.69, 9.17) is 0 Å². The summed E-state index contributed by atoms with van der Waals surface area (Å²) < 4.78 is 1.78. The number of carbonyl (C=O) groups excluding carboxylic acids is 1. The quantitative estimate of drug-likeness (QED) is 0.862. The summed E-state index contributed by atoms with van der Waals surface area (Å²) in [7, 11) is 1.89. The highest BCUT2D eigenvalue weighted by Gasteiger charge is 2.10. The summed E-state index contributed by atoms with van der Waals surface area (Å²) in [5.41, 5.74) is 3.37. The van der Waals surface area contributed by atoms with Crippen molar-refractivity contribution in [2.24, 2.45) is 7.05 Å². The van der Waals surface area contributed by atoms with Crippen molar-refractivity contribution >= 4 is 17.4 Å². The van der Waals surface area contributed by atoms with Gasteiger partial charge in [-0.3, -0.25) is 4.68 Å². The van der Waals surface area contributed by atoms with Crippen LogP contribution >= 0.6 is 11.3 Å². The number of aryl methyl sites for hydroxylation is 2. The minimum atomic E-state index is -0.136. The van der Waals surface area contributed by atoms with E-state index in [2.05, 4.69) is 46.4 Å². The van der Waals surface area contributed by atoms with Gasteiger partial charge in [0.25, 0.3) is 0 Å². The zero-order chi connectivity index (χ0) is 15.2. The molecule has 0 bridgehead atoms. The van der Waals surface area contributed by atoms with Crippen molar-refractivity contribution in [1.29, 1.82) is 0 Å². The second kappa shape index (κ2) is 7.26. The number of rotatable bonds is 6. The maximum absolute atomic E-state index is 11.9. The van der Waals surface area contributed by atoms with Gasteiger partial charge in [-0.25, -0.2) is 4.79 Å². The highest BCUT2D eigenvalue weighted by molar-refractivity contribution is 7.07. The van der Waals surface area contributed by atoms with Crippen LogP contribution in [0.2, 0.25) is 0 Å². The molecular weight excluding hydrogens is 284 g/mol. The molecule has 21 heavy (non-hydrogen) atoms. The third-order valence-corrected chi connectivity index (χ3v) is 4.15. The van der Waals surface area contributed by atoms with E-state index in [0.717, 1.165) is 17.7 Å². The maximum Gasteiger partial charge on any atom is 0.315 e. The Hall–Kier alpha value is -1.82. The van der Waals surface area contributed by atoms with E-state index in [1.165, 1.54) is 5.56 Å². The van der Waals surface area contributed by atoms with E-state index < -0.39 is 0 Å². The van der Waals surface area contributed by atoms with Gasteiger partial charge in [-0.2, -0.15) is 16.4 Å². The van der Waals surface area contributed by atoms with Crippen molar-refractivity contribution < 1.29 is 4.79 Å². The lowest BCUT2D eigenvalue weighted by atomic mass is 10.1. The van der Waals surface area contributed by atoms with E-state index in [0.29, 0.717) is 19.0 Å². The average molecular weight is 306 g/mol. The molecule has 0 unspecified atom stereocenters. The Morgan fingerprint density at radius 3 is 2.95 bits per heavy atom. The van der Waals surface area contributed by atoms with Crippen LogP contribution in [0.5, 0.6) is 0 Å². The number of nitrogens with one attached hydrogen (secondary N) is 2. The monoisotopic (exact) mass is 306 g/mol. The van der Waals surface area contributed by atoms with E-state index >= 15 is 0 Å². The first kappa shape index (κ1) is 15.6. The number of carbonyl (C=O) groups is 1. The zero-order valence-electron chi connectivity index (χ0n) is 12.7. The SMILES string of the molecule is CCc1nn(C)cc1CNC(=O)NC[C@@H](C)c1ccsc1. The molecule has 0 aliphatic heterocycles. The summed E-state index contributed by atoms with van der Waals surface area (Å²) in [5, 5.41) is 14.3. The van der Waals surface area contributed by atoms with E-state index in [-0.39, 0.29) is 6.03 Å². The number of aromatic nitrogens is 2. The highest BCUT2D eigenvalue weighted by Crippen LogP contribution is 2.16. The van der Waals surface area contributed by atoms with Gasteiger partial charge in [-0.05, 0) is 34.7 Å². The number of urea groups is 1. The van der Waals surface area contributed by atoms with Crippen LogP contribution in [0.15, 0.2) is 23.0 Å². The fraction of sp³-hybridized carbons (Fsp3) is 0.467. The van der Waals surface area contributed by atoms with Crippen molar-refractivity contribution in [3.8, 4) is 0 Å². The number of thiophene rings is 1. The molecular formula is C15H22N4OS. The Balaban J connectivity index is 1.77. The van der Waals surface area contributed by atoms with E-state index in [1.807, 2.05) is 13.2 Å². The first-order chi connectivity index (χ1) is 10.1. The summed E-state index contributed by atoms with van der Waals surface area (Å²) in [5.74, 6) is 0.326. The summed E-state index contributed by atoms with van der Waals surface area (Å²) in [4.78, 5) is 11.9. The Bertz CT molecular complexity index is 577. The highest BCUT2D eigenvalue weighted by atomic mass is 32.1. The van der Waals surface area contributed by atoms with Crippen molar-refractivity contribution in [3.05, 3.63) is 39.8 Å². The molecule has 0 aliphatic rings. The zero-order valence-corrected chi connectivity index (χ0v) is 13.5. The molecule has 6 heteroatoms. The van der Waals surface area contributed by atoms with Gasteiger partial charge in [0.2, 0.25) is 0 Å². The first-order valence-corrected chi connectivity index (χ1v) is 8.09. The topological polar surface area (TPSA) is 59.0 Å². The molecule has 5 nitrogen and oxygen atoms in total. The normalized spacial score (nSPS) is 12.1. The Kier molecular flexibility index (Phi) is 5.38. The number of hydrogen-bond donors (Lipinski definition) is 2. The van der Waals surface area contributed by atoms with Gasteiger partial charge in [-0.1, -0.05) is 13.8 Å².